The number of amides is 1. The van der Waals surface area contributed by atoms with Gasteiger partial charge in [0.2, 0.25) is 11.8 Å². The third kappa shape index (κ3) is 7.05. The summed E-state index contributed by atoms with van der Waals surface area (Å²) in [6, 6.07) is 7.79. The predicted octanol–water partition coefficient (Wildman–Crippen LogP) is 4.66. The molecule has 1 aromatic carbocycles. The van der Waals surface area contributed by atoms with Crippen molar-refractivity contribution in [2.24, 2.45) is 0 Å². The number of hydrogen-bond donors (Lipinski definition) is 2. The van der Waals surface area contributed by atoms with Gasteiger partial charge in [0.1, 0.15) is 29.5 Å². The van der Waals surface area contributed by atoms with Crippen molar-refractivity contribution in [3.8, 4) is 5.88 Å². The lowest BCUT2D eigenvalue weighted by atomic mass is 10.0. The molecule has 48 heavy (non-hydrogen) atoms. The first kappa shape index (κ1) is 32.2. The Kier molecular flexibility index (Phi) is 9.37. The van der Waals surface area contributed by atoms with E-state index in [-0.39, 0.29) is 5.91 Å². The molecular weight excluding hydrogens is 620 g/mol. The first-order valence-corrected chi connectivity index (χ1v) is 16.6. The number of methoxy groups -OCH3 is 1. The summed E-state index contributed by atoms with van der Waals surface area (Å²) < 4.78 is 33.7. The fraction of sp³-hybridized carbons (Fsp3) is 0.471. The van der Waals surface area contributed by atoms with Crippen molar-refractivity contribution in [1.29, 1.82) is 0 Å². The summed E-state index contributed by atoms with van der Waals surface area (Å²) in [5.74, 6) is 0.0882. The van der Waals surface area contributed by atoms with Crippen LogP contribution in [0.4, 0.5) is 37.6 Å². The molecule has 0 radical (unpaired) electrons. The van der Waals surface area contributed by atoms with Gasteiger partial charge in [-0.05, 0) is 55.5 Å². The Morgan fingerprint density at radius 1 is 0.917 bits per heavy atom. The molecule has 3 aromatic rings. The summed E-state index contributed by atoms with van der Waals surface area (Å²) in [6.07, 6.45) is 7.83. The molecule has 4 fully saturated rings. The van der Waals surface area contributed by atoms with Crippen molar-refractivity contribution in [2.45, 2.75) is 50.2 Å². The van der Waals surface area contributed by atoms with E-state index in [1.165, 1.54) is 42.4 Å². The minimum atomic E-state index is -0.657. The lowest BCUT2D eigenvalue weighted by molar-refractivity contribution is -0.111. The highest BCUT2D eigenvalue weighted by Crippen LogP contribution is 2.39. The van der Waals surface area contributed by atoms with E-state index in [0.29, 0.717) is 59.3 Å². The molecule has 1 saturated carbocycles. The van der Waals surface area contributed by atoms with E-state index in [4.69, 9.17) is 14.6 Å². The largest absolute Gasteiger partial charge is 0.479 e. The van der Waals surface area contributed by atoms with Gasteiger partial charge in [-0.3, -0.25) is 19.4 Å². The smallest absolute Gasteiger partial charge is 0.247 e. The Labute approximate surface area is 278 Å². The first-order valence-electron chi connectivity index (χ1n) is 16.6. The van der Waals surface area contributed by atoms with Crippen molar-refractivity contribution in [3.05, 3.63) is 66.5 Å². The number of piperidine rings is 1. The van der Waals surface area contributed by atoms with Crippen LogP contribution < -0.4 is 25.3 Å². The zero-order valence-corrected chi connectivity index (χ0v) is 27.1. The van der Waals surface area contributed by atoms with E-state index in [1.54, 1.807) is 19.2 Å². The van der Waals surface area contributed by atoms with Crippen molar-refractivity contribution in [2.75, 3.05) is 73.6 Å². The molecule has 3 saturated heterocycles. The molecule has 5 heterocycles. The molecule has 3 aliphatic heterocycles. The van der Waals surface area contributed by atoms with Crippen LogP contribution in [0.2, 0.25) is 0 Å². The van der Waals surface area contributed by atoms with Gasteiger partial charge in [-0.1, -0.05) is 6.58 Å². The maximum atomic E-state index is 14.0. The summed E-state index contributed by atoms with van der Waals surface area (Å²) in [5.41, 5.74) is 1.44. The highest BCUT2D eigenvalue weighted by atomic mass is 19.1. The second kappa shape index (κ2) is 14.0. The molecule has 1 amide bonds. The van der Waals surface area contributed by atoms with E-state index < -0.39 is 17.7 Å². The summed E-state index contributed by atoms with van der Waals surface area (Å²) in [6.45, 7) is 10.1. The highest BCUT2D eigenvalue weighted by Gasteiger charge is 2.35. The SMILES string of the molecule is C=CC(=O)Nc1cc(Nc2cc(N3OCCC3c3cc(F)cc(F)c3)ncn2)c(OC)nc1N1CCC(N2CCN(C3CC3)CC2)CC1. The van der Waals surface area contributed by atoms with Crippen LogP contribution in [0.25, 0.3) is 0 Å². The van der Waals surface area contributed by atoms with Gasteiger partial charge in [0.25, 0.3) is 0 Å². The number of anilines is 5. The quantitative estimate of drug-likeness (QED) is 0.296. The standard InChI is InChI=1S/C34H41F2N9O3/c1-3-32(46)40-27-19-28(39-30-20-31(38-21-37-30)45-29(8-15-48-45)22-16-23(35)18-24(36)17-22)34(47-2)41-33(27)44-9-6-26(7-10-44)43-13-11-42(12-14-43)25-4-5-25/h3,16-21,25-26,29H,1,4-15H2,2H3,(H,40,46)(H,37,38,39). The van der Waals surface area contributed by atoms with Crippen LogP contribution in [-0.2, 0) is 9.63 Å². The predicted molar refractivity (Wildman–Crippen MR) is 178 cm³/mol. The number of nitrogens with zero attached hydrogens (tertiary/aromatic N) is 7. The number of piperazine rings is 1. The van der Waals surface area contributed by atoms with Crippen molar-refractivity contribution in [1.82, 2.24) is 24.8 Å². The molecule has 1 aliphatic carbocycles. The summed E-state index contributed by atoms with van der Waals surface area (Å²) in [7, 11) is 1.54. The molecule has 12 nitrogen and oxygen atoms in total. The Morgan fingerprint density at radius 2 is 1.60 bits per heavy atom. The van der Waals surface area contributed by atoms with Crippen LogP contribution in [0, 0.1) is 11.6 Å². The molecule has 0 spiro atoms. The maximum Gasteiger partial charge on any atom is 0.247 e. The summed E-state index contributed by atoms with van der Waals surface area (Å²) in [4.78, 5) is 39.4. The minimum Gasteiger partial charge on any atom is -0.479 e. The number of carbonyl (C=O) groups is 1. The summed E-state index contributed by atoms with van der Waals surface area (Å²) in [5, 5.41) is 7.70. The molecule has 2 N–H and O–H groups in total. The van der Waals surface area contributed by atoms with Crippen LogP contribution in [-0.4, -0.2) is 95.7 Å². The zero-order chi connectivity index (χ0) is 33.2. The topological polar surface area (TPSA) is 111 Å². The van der Waals surface area contributed by atoms with Gasteiger partial charge in [0.05, 0.1) is 25.4 Å². The fourth-order valence-electron chi connectivity index (χ4n) is 7.04. The van der Waals surface area contributed by atoms with Gasteiger partial charge in [0.15, 0.2) is 11.6 Å². The first-order chi connectivity index (χ1) is 23.4. The molecule has 1 unspecified atom stereocenters. The minimum absolute atomic E-state index is 0.325. The number of halogens is 2. The Morgan fingerprint density at radius 3 is 2.25 bits per heavy atom. The second-order valence-electron chi connectivity index (χ2n) is 12.7. The number of hydrogen-bond acceptors (Lipinski definition) is 11. The van der Waals surface area contributed by atoms with Gasteiger partial charge in [0, 0.05) is 69.9 Å². The average Bonchev–Trinajstić information content (AvgIpc) is 3.83. The number of hydroxylamine groups is 1. The number of rotatable bonds is 10. The molecule has 14 heteroatoms. The van der Waals surface area contributed by atoms with Gasteiger partial charge in [-0.15, -0.1) is 0 Å². The fourth-order valence-corrected chi connectivity index (χ4v) is 7.04. The monoisotopic (exact) mass is 661 g/mol. The lowest BCUT2D eigenvalue weighted by Crippen LogP contribution is -2.53. The van der Waals surface area contributed by atoms with Gasteiger partial charge in [-0.2, -0.15) is 4.98 Å². The van der Waals surface area contributed by atoms with Gasteiger partial charge >= 0.3 is 0 Å². The summed E-state index contributed by atoms with van der Waals surface area (Å²) >= 11 is 0. The van der Waals surface area contributed by atoms with Gasteiger partial charge < -0.3 is 20.3 Å². The molecule has 4 aliphatic rings. The third-order valence-electron chi connectivity index (χ3n) is 9.61. The molecular formula is C34H41F2N9O3. The Hall–Kier alpha value is -4.40. The van der Waals surface area contributed by atoms with Crippen LogP contribution in [0.3, 0.4) is 0 Å². The van der Waals surface area contributed by atoms with Crippen LogP contribution in [0.1, 0.15) is 43.7 Å². The van der Waals surface area contributed by atoms with Crippen LogP contribution >= 0.6 is 0 Å². The number of nitrogens with one attached hydrogen (secondary N) is 2. The van der Waals surface area contributed by atoms with Crippen molar-refractivity contribution in [3.63, 3.8) is 0 Å². The number of pyridine rings is 1. The molecule has 7 rings (SSSR count). The second-order valence-corrected chi connectivity index (χ2v) is 12.7. The zero-order valence-electron chi connectivity index (χ0n) is 27.1. The van der Waals surface area contributed by atoms with Crippen molar-refractivity contribution >= 4 is 34.7 Å². The molecule has 0 bridgehead atoms. The van der Waals surface area contributed by atoms with Gasteiger partial charge in [-0.25, -0.2) is 23.8 Å². The Balaban J connectivity index is 1.08. The number of aromatic nitrogens is 3. The number of carbonyl (C=O) groups excluding carboxylic acids is 1. The third-order valence-corrected chi connectivity index (χ3v) is 9.61. The average molecular weight is 662 g/mol. The Bertz CT molecular complexity index is 1620. The number of ether oxygens (including phenoxy) is 1. The van der Waals surface area contributed by atoms with E-state index in [9.17, 15) is 13.6 Å². The van der Waals surface area contributed by atoms with Crippen LogP contribution in [0.15, 0.2) is 49.3 Å². The van der Waals surface area contributed by atoms with Crippen molar-refractivity contribution < 1.29 is 23.1 Å². The van der Waals surface area contributed by atoms with E-state index in [0.717, 1.165) is 64.2 Å². The molecule has 1 atom stereocenters. The lowest BCUT2D eigenvalue weighted by Gasteiger charge is -2.43. The molecule has 254 valence electrons. The van der Waals surface area contributed by atoms with E-state index in [2.05, 4.69) is 41.9 Å². The highest BCUT2D eigenvalue weighted by molar-refractivity contribution is 6.01. The normalized spacial score (nSPS) is 20.9. The van der Waals surface area contributed by atoms with Crippen LogP contribution in [0.5, 0.6) is 5.88 Å². The van der Waals surface area contributed by atoms with E-state index >= 15 is 0 Å². The number of benzene rings is 1. The van der Waals surface area contributed by atoms with E-state index in [1.807, 2.05) is 0 Å². The molecule has 2 aromatic heterocycles. The maximum absolute atomic E-state index is 14.0.